The normalized spacial score (nSPS) is 15.4. The standard InChI is InChI=1S/C17H21N3O4/c1-11-3-4-12-13(9-11)18-16(17(22)23-2)15(12)19-14(21)10-20-5-7-24-8-6-20/h3-4,9,18H,5-8,10H2,1-2H3,(H,19,21)/p+1. The van der Waals surface area contributed by atoms with Crippen molar-refractivity contribution in [3.63, 3.8) is 0 Å². The van der Waals surface area contributed by atoms with Crippen LogP contribution < -0.4 is 10.2 Å². The Kier molecular flexibility index (Phi) is 4.82. The summed E-state index contributed by atoms with van der Waals surface area (Å²) in [6.07, 6.45) is 0. The number of aromatic nitrogens is 1. The molecule has 0 aliphatic carbocycles. The van der Waals surface area contributed by atoms with Crippen molar-refractivity contribution in [2.45, 2.75) is 6.92 Å². The van der Waals surface area contributed by atoms with Crippen molar-refractivity contribution in [3.8, 4) is 0 Å². The lowest BCUT2D eigenvalue weighted by molar-refractivity contribution is -0.899. The highest BCUT2D eigenvalue weighted by molar-refractivity contribution is 6.11. The number of anilines is 1. The van der Waals surface area contributed by atoms with Crippen molar-refractivity contribution in [3.05, 3.63) is 29.5 Å². The maximum absolute atomic E-state index is 12.4. The molecule has 1 aliphatic rings. The highest BCUT2D eigenvalue weighted by Crippen LogP contribution is 2.29. The van der Waals surface area contributed by atoms with Gasteiger partial charge in [-0.3, -0.25) is 4.79 Å². The fourth-order valence-corrected chi connectivity index (χ4v) is 2.94. The minimum Gasteiger partial charge on any atom is -0.464 e. The molecule has 128 valence electrons. The van der Waals surface area contributed by atoms with Crippen molar-refractivity contribution < 1.29 is 24.0 Å². The first kappa shape index (κ1) is 16.5. The molecule has 24 heavy (non-hydrogen) atoms. The maximum atomic E-state index is 12.4. The number of aromatic amines is 1. The maximum Gasteiger partial charge on any atom is 0.356 e. The Morgan fingerprint density at radius 1 is 1.33 bits per heavy atom. The molecule has 7 nitrogen and oxygen atoms in total. The lowest BCUT2D eigenvalue weighted by Gasteiger charge is -2.23. The molecule has 2 aromatic rings. The zero-order chi connectivity index (χ0) is 17.1. The second kappa shape index (κ2) is 7.02. The number of benzene rings is 1. The third-order valence-electron chi connectivity index (χ3n) is 4.22. The number of morpholine rings is 1. The Labute approximate surface area is 139 Å². The topological polar surface area (TPSA) is 84.9 Å². The van der Waals surface area contributed by atoms with Gasteiger partial charge in [0.25, 0.3) is 5.91 Å². The second-order valence-corrected chi connectivity index (χ2v) is 6.00. The summed E-state index contributed by atoms with van der Waals surface area (Å²) in [5.41, 5.74) is 2.61. The van der Waals surface area contributed by atoms with E-state index < -0.39 is 5.97 Å². The number of quaternary nitrogens is 1. The van der Waals surface area contributed by atoms with Gasteiger partial charge in [-0.25, -0.2) is 4.79 Å². The first-order valence-corrected chi connectivity index (χ1v) is 8.00. The van der Waals surface area contributed by atoms with Gasteiger partial charge in [0.2, 0.25) is 0 Å². The Hall–Kier alpha value is -2.38. The number of fused-ring (bicyclic) bond motifs is 1. The monoisotopic (exact) mass is 332 g/mol. The van der Waals surface area contributed by atoms with E-state index in [9.17, 15) is 9.59 Å². The van der Waals surface area contributed by atoms with Crippen LogP contribution in [-0.2, 0) is 14.3 Å². The second-order valence-electron chi connectivity index (χ2n) is 6.00. The summed E-state index contributed by atoms with van der Waals surface area (Å²) in [6.45, 7) is 5.28. The fraction of sp³-hybridized carbons (Fsp3) is 0.412. The predicted octanol–water partition coefficient (Wildman–Crippen LogP) is 0.117. The number of hydrogen-bond donors (Lipinski definition) is 3. The van der Waals surface area contributed by atoms with E-state index in [4.69, 9.17) is 9.47 Å². The number of rotatable bonds is 4. The third kappa shape index (κ3) is 3.42. The summed E-state index contributed by atoms with van der Waals surface area (Å²) in [5.74, 6) is -0.628. The molecule has 0 bridgehead atoms. The number of carbonyl (C=O) groups excluding carboxylic acids is 2. The summed E-state index contributed by atoms with van der Waals surface area (Å²) in [6, 6.07) is 5.77. The number of aryl methyl sites for hydroxylation is 1. The summed E-state index contributed by atoms with van der Waals surface area (Å²) in [5, 5.41) is 3.68. The van der Waals surface area contributed by atoms with Crippen molar-refractivity contribution in [1.29, 1.82) is 0 Å². The molecule has 1 saturated heterocycles. The first-order valence-electron chi connectivity index (χ1n) is 8.00. The third-order valence-corrected chi connectivity index (χ3v) is 4.22. The lowest BCUT2D eigenvalue weighted by Crippen LogP contribution is -3.15. The number of ether oxygens (including phenoxy) is 2. The van der Waals surface area contributed by atoms with Crippen LogP contribution in [0.4, 0.5) is 5.69 Å². The zero-order valence-electron chi connectivity index (χ0n) is 13.9. The summed E-state index contributed by atoms with van der Waals surface area (Å²) >= 11 is 0. The molecule has 1 amide bonds. The molecule has 3 rings (SSSR count). The van der Waals surface area contributed by atoms with Crippen LogP contribution in [0.15, 0.2) is 18.2 Å². The quantitative estimate of drug-likeness (QED) is 0.694. The van der Waals surface area contributed by atoms with Crippen LogP contribution >= 0.6 is 0 Å². The van der Waals surface area contributed by atoms with Crippen molar-refractivity contribution in [1.82, 2.24) is 4.98 Å². The molecule has 0 spiro atoms. The van der Waals surface area contributed by atoms with Crippen LogP contribution in [0, 0.1) is 6.92 Å². The summed E-state index contributed by atoms with van der Waals surface area (Å²) < 4.78 is 10.1. The number of methoxy groups -OCH3 is 1. The average Bonchev–Trinajstić information content (AvgIpc) is 2.92. The van der Waals surface area contributed by atoms with Crippen LogP contribution in [0.25, 0.3) is 10.9 Å². The molecular formula is C17H22N3O4+. The Bertz CT molecular complexity index is 763. The van der Waals surface area contributed by atoms with Crippen LogP contribution in [0.3, 0.4) is 0 Å². The molecule has 3 N–H and O–H groups in total. The van der Waals surface area contributed by atoms with Gasteiger partial charge in [0.05, 0.1) is 26.0 Å². The van der Waals surface area contributed by atoms with E-state index in [1.54, 1.807) is 0 Å². The van der Waals surface area contributed by atoms with Gasteiger partial charge in [0, 0.05) is 10.9 Å². The van der Waals surface area contributed by atoms with E-state index >= 15 is 0 Å². The molecule has 0 radical (unpaired) electrons. The minimum atomic E-state index is -0.502. The van der Waals surface area contributed by atoms with E-state index in [0.29, 0.717) is 25.4 Å². The van der Waals surface area contributed by atoms with Gasteiger partial charge in [-0.15, -0.1) is 0 Å². The van der Waals surface area contributed by atoms with Gasteiger partial charge >= 0.3 is 5.97 Å². The van der Waals surface area contributed by atoms with E-state index in [-0.39, 0.29) is 11.6 Å². The number of H-pyrrole nitrogens is 1. The summed E-state index contributed by atoms with van der Waals surface area (Å²) in [7, 11) is 1.32. The fourth-order valence-electron chi connectivity index (χ4n) is 2.94. The molecule has 1 aromatic heterocycles. The molecule has 0 unspecified atom stereocenters. The largest absolute Gasteiger partial charge is 0.464 e. The van der Waals surface area contributed by atoms with Crippen LogP contribution in [0.1, 0.15) is 16.1 Å². The number of nitrogens with one attached hydrogen (secondary N) is 3. The van der Waals surface area contributed by atoms with E-state index in [1.165, 1.54) is 12.0 Å². The molecule has 7 heteroatoms. The van der Waals surface area contributed by atoms with Gasteiger partial charge < -0.3 is 24.7 Å². The van der Waals surface area contributed by atoms with E-state index in [0.717, 1.165) is 29.6 Å². The molecule has 2 heterocycles. The number of hydrogen-bond acceptors (Lipinski definition) is 4. The summed E-state index contributed by atoms with van der Waals surface area (Å²) in [4.78, 5) is 28.7. The first-order chi connectivity index (χ1) is 11.6. The van der Waals surface area contributed by atoms with Gasteiger partial charge in [-0.05, 0) is 18.6 Å². The van der Waals surface area contributed by atoms with Gasteiger partial charge in [0.15, 0.2) is 6.54 Å². The van der Waals surface area contributed by atoms with Crippen molar-refractivity contribution >= 4 is 28.5 Å². The highest BCUT2D eigenvalue weighted by atomic mass is 16.5. The number of esters is 1. The van der Waals surface area contributed by atoms with Gasteiger partial charge in [-0.2, -0.15) is 0 Å². The van der Waals surface area contributed by atoms with Crippen LogP contribution in [0.5, 0.6) is 0 Å². The minimum absolute atomic E-state index is 0.126. The van der Waals surface area contributed by atoms with Crippen LogP contribution in [-0.4, -0.2) is 56.8 Å². The predicted molar refractivity (Wildman–Crippen MR) is 89.4 cm³/mol. The van der Waals surface area contributed by atoms with Crippen molar-refractivity contribution in [2.24, 2.45) is 0 Å². The SMILES string of the molecule is COC(=O)c1[nH]c2cc(C)ccc2c1NC(=O)C[NH+]1CCOCC1. The number of amides is 1. The lowest BCUT2D eigenvalue weighted by atomic mass is 10.1. The average molecular weight is 332 g/mol. The van der Waals surface area contributed by atoms with Crippen LogP contribution in [0.2, 0.25) is 0 Å². The Morgan fingerprint density at radius 3 is 2.79 bits per heavy atom. The smallest absolute Gasteiger partial charge is 0.356 e. The molecule has 1 aliphatic heterocycles. The van der Waals surface area contributed by atoms with Gasteiger partial charge in [-0.1, -0.05) is 12.1 Å². The van der Waals surface area contributed by atoms with Gasteiger partial charge in [0.1, 0.15) is 18.8 Å². The zero-order valence-corrected chi connectivity index (χ0v) is 13.9. The van der Waals surface area contributed by atoms with Crippen molar-refractivity contribution in [2.75, 3.05) is 45.3 Å². The number of carbonyl (C=O) groups is 2. The molecule has 1 aromatic carbocycles. The molecule has 0 atom stereocenters. The Morgan fingerprint density at radius 2 is 2.08 bits per heavy atom. The van der Waals surface area contributed by atoms with E-state index in [1.807, 2.05) is 25.1 Å². The van der Waals surface area contributed by atoms with E-state index in [2.05, 4.69) is 10.3 Å². The highest BCUT2D eigenvalue weighted by Gasteiger charge is 2.23. The molecule has 0 saturated carbocycles. The molecule has 1 fully saturated rings. The Balaban J connectivity index is 1.86. The molecular weight excluding hydrogens is 310 g/mol.